The summed E-state index contributed by atoms with van der Waals surface area (Å²) in [5.41, 5.74) is 0. The van der Waals surface area contributed by atoms with E-state index in [4.69, 9.17) is 0 Å². The average molecular weight is 362 g/mol. The number of rotatable bonds is 8. The molecule has 1 rings (SSSR count). The number of carboxylic acids is 1. The highest BCUT2D eigenvalue weighted by atomic mass is 32.2. The van der Waals surface area contributed by atoms with E-state index < -0.39 is 27.8 Å². The van der Waals surface area contributed by atoms with E-state index in [0.717, 1.165) is 15.6 Å². The molecule has 1 unspecified atom stereocenters. The minimum absolute atomic E-state index is 0.0360. The van der Waals surface area contributed by atoms with E-state index >= 15 is 0 Å². The maximum Gasteiger partial charge on any atom is 0.308 e. The van der Waals surface area contributed by atoms with Crippen LogP contribution in [0.2, 0.25) is 0 Å². The van der Waals surface area contributed by atoms with Gasteiger partial charge in [-0.25, -0.2) is 12.7 Å². The van der Waals surface area contributed by atoms with Crippen molar-refractivity contribution in [2.75, 3.05) is 20.6 Å². The van der Waals surface area contributed by atoms with Crippen molar-refractivity contribution in [2.24, 2.45) is 11.8 Å². The minimum atomic E-state index is -3.72. The number of nitrogens with zero attached hydrogens (tertiary/aromatic N) is 1. The van der Waals surface area contributed by atoms with Gasteiger partial charge in [0.05, 0.1) is 5.92 Å². The van der Waals surface area contributed by atoms with Crippen LogP contribution in [0.4, 0.5) is 0 Å². The van der Waals surface area contributed by atoms with Crippen LogP contribution in [0.15, 0.2) is 16.3 Å². The molecule has 2 N–H and O–H groups in total. The molecule has 0 aliphatic carbocycles. The number of carbonyl (C=O) groups excluding carboxylic acids is 1. The molecule has 0 spiro atoms. The van der Waals surface area contributed by atoms with Gasteiger partial charge in [0.1, 0.15) is 9.77 Å². The highest BCUT2D eigenvalue weighted by molar-refractivity contribution is 7.89. The summed E-state index contributed by atoms with van der Waals surface area (Å²) in [7, 11) is -0.943. The molecule has 0 saturated carbocycles. The SMILES string of the molecule is CC(C)CC(CNC(=O)c1sccc1S(=O)(=O)N(C)C)C(=O)O. The van der Waals surface area contributed by atoms with E-state index in [2.05, 4.69) is 5.32 Å². The lowest BCUT2D eigenvalue weighted by atomic mass is 9.97. The van der Waals surface area contributed by atoms with Gasteiger partial charge in [-0.15, -0.1) is 11.3 Å². The van der Waals surface area contributed by atoms with Gasteiger partial charge in [0.25, 0.3) is 5.91 Å². The lowest BCUT2D eigenvalue weighted by Crippen LogP contribution is -2.34. The number of amides is 1. The Kier molecular flexibility index (Phi) is 6.72. The molecule has 130 valence electrons. The topological polar surface area (TPSA) is 104 Å². The van der Waals surface area contributed by atoms with E-state index in [1.807, 2.05) is 13.8 Å². The molecule has 0 aliphatic rings. The molecule has 1 amide bonds. The summed E-state index contributed by atoms with van der Waals surface area (Å²) in [6.07, 6.45) is 0.433. The molecule has 0 fully saturated rings. The van der Waals surface area contributed by atoms with Gasteiger partial charge in [-0.3, -0.25) is 9.59 Å². The number of aliphatic carboxylic acids is 1. The number of hydrogen-bond acceptors (Lipinski definition) is 5. The zero-order valence-electron chi connectivity index (χ0n) is 13.6. The quantitative estimate of drug-likeness (QED) is 0.729. The van der Waals surface area contributed by atoms with Gasteiger partial charge in [-0.05, 0) is 23.8 Å². The third-order valence-corrected chi connectivity index (χ3v) is 6.11. The Morgan fingerprint density at radius 2 is 1.96 bits per heavy atom. The fraction of sp³-hybridized carbons (Fsp3) is 0.571. The van der Waals surface area contributed by atoms with Crippen molar-refractivity contribution in [1.82, 2.24) is 9.62 Å². The smallest absolute Gasteiger partial charge is 0.308 e. The molecule has 0 radical (unpaired) electrons. The van der Waals surface area contributed by atoms with Gasteiger partial charge in [0, 0.05) is 20.6 Å². The van der Waals surface area contributed by atoms with E-state index in [1.54, 1.807) is 0 Å². The molecule has 0 saturated heterocycles. The molecule has 0 aliphatic heterocycles. The maximum atomic E-state index is 12.2. The lowest BCUT2D eigenvalue weighted by Gasteiger charge is -2.16. The molecule has 1 aromatic rings. The standard InChI is InChI=1S/C14H22N2O5S2/c1-9(2)7-10(14(18)19)8-15-13(17)12-11(5-6-22-12)23(20,21)16(3)4/h5-6,9-10H,7-8H2,1-4H3,(H,15,17)(H,18,19). The van der Waals surface area contributed by atoms with Gasteiger partial charge in [0.15, 0.2) is 0 Å². The number of carboxylic acid groups (broad SMARTS) is 1. The van der Waals surface area contributed by atoms with Crippen LogP contribution < -0.4 is 5.32 Å². The van der Waals surface area contributed by atoms with Crippen LogP contribution in [0.1, 0.15) is 29.9 Å². The van der Waals surface area contributed by atoms with Crippen LogP contribution >= 0.6 is 11.3 Å². The van der Waals surface area contributed by atoms with E-state index in [0.29, 0.717) is 6.42 Å². The second-order valence-corrected chi connectivity index (χ2v) is 8.81. The number of sulfonamides is 1. The fourth-order valence-corrected chi connectivity index (χ4v) is 4.21. The predicted octanol–water partition coefficient (Wildman–Crippen LogP) is 1.48. The summed E-state index contributed by atoms with van der Waals surface area (Å²) in [5, 5.41) is 13.2. The predicted molar refractivity (Wildman–Crippen MR) is 88.1 cm³/mol. The Balaban J connectivity index is 2.88. The number of nitrogens with one attached hydrogen (secondary N) is 1. The van der Waals surface area contributed by atoms with E-state index in [1.165, 1.54) is 25.5 Å². The van der Waals surface area contributed by atoms with Crippen LogP contribution in [-0.2, 0) is 14.8 Å². The van der Waals surface area contributed by atoms with E-state index in [9.17, 15) is 23.1 Å². The Bertz CT molecular complexity index is 664. The highest BCUT2D eigenvalue weighted by Crippen LogP contribution is 2.24. The third kappa shape index (κ3) is 5.02. The van der Waals surface area contributed by atoms with Gasteiger partial charge in [0.2, 0.25) is 10.0 Å². The first-order chi connectivity index (χ1) is 10.6. The van der Waals surface area contributed by atoms with Crippen molar-refractivity contribution in [3.63, 3.8) is 0 Å². The Labute approximate surface area is 140 Å². The number of carbonyl (C=O) groups is 2. The van der Waals surface area contributed by atoms with Crippen molar-refractivity contribution < 1.29 is 23.1 Å². The molecule has 9 heteroatoms. The van der Waals surface area contributed by atoms with Crippen LogP contribution in [-0.4, -0.2) is 50.3 Å². The molecule has 7 nitrogen and oxygen atoms in total. The van der Waals surface area contributed by atoms with Gasteiger partial charge in [-0.1, -0.05) is 13.8 Å². The zero-order chi connectivity index (χ0) is 17.8. The first-order valence-corrected chi connectivity index (χ1v) is 9.40. The lowest BCUT2D eigenvalue weighted by molar-refractivity contribution is -0.142. The molecular weight excluding hydrogens is 340 g/mol. The zero-order valence-corrected chi connectivity index (χ0v) is 15.2. The van der Waals surface area contributed by atoms with Gasteiger partial charge in [-0.2, -0.15) is 0 Å². The summed E-state index contributed by atoms with van der Waals surface area (Å²) in [5.74, 6) is -2.08. The van der Waals surface area contributed by atoms with Crippen molar-refractivity contribution in [2.45, 2.75) is 25.2 Å². The molecule has 1 heterocycles. The minimum Gasteiger partial charge on any atom is -0.481 e. The molecule has 23 heavy (non-hydrogen) atoms. The van der Waals surface area contributed by atoms with E-state index in [-0.39, 0.29) is 22.2 Å². The Hall–Kier alpha value is -1.45. The fourth-order valence-electron chi connectivity index (χ4n) is 2.00. The Morgan fingerprint density at radius 1 is 1.35 bits per heavy atom. The van der Waals surface area contributed by atoms with Crippen molar-refractivity contribution in [1.29, 1.82) is 0 Å². The van der Waals surface area contributed by atoms with Gasteiger partial charge >= 0.3 is 5.97 Å². The first-order valence-electron chi connectivity index (χ1n) is 7.08. The van der Waals surface area contributed by atoms with Crippen LogP contribution in [0, 0.1) is 11.8 Å². The number of hydrogen-bond donors (Lipinski definition) is 2. The summed E-state index contributed by atoms with van der Waals surface area (Å²) in [6.45, 7) is 3.77. The molecule has 0 bridgehead atoms. The number of thiophene rings is 1. The highest BCUT2D eigenvalue weighted by Gasteiger charge is 2.27. The van der Waals surface area contributed by atoms with Crippen molar-refractivity contribution in [3.05, 3.63) is 16.3 Å². The summed E-state index contributed by atoms with van der Waals surface area (Å²) < 4.78 is 25.4. The molecule has 1 aromatic heterocycles. The summed E-state index contributed by atoms with van der Waals surface area (Å²) >= 11 is 1.01. The van der Waals surface area contributed by atoms with Crippen LogP contribution in [0.3, 0.4) is 0 Å². The van der Waals surface area contributed by atoms with Crippen LogP contribution in [0.5, 0.6) is 0 Å². The summed E-state index contributed by atoms with van der Waals surface area (Å²) in [4.78, 5) is 23.4. The summed E-state index contributed by atoms with van der Waals surface area (Å²) in [6, 6.07) is 1.37. The monoisotopic (exact) mass is 362 g/mol. The molecule has 0 aromatic carbocycles. The van der Waals surface area contributed by atoms with Crippen molar-refractivity contribution >= 4 is 33.2 Å². The Morgan fingerprint density at radius 3 is 2.43 bits per heavy atom. The molecular formula is C14H22N2O5S2. The largest absolute Gasteiger partial charge is 0.481 e. The maximum absolute atomic E-state index is 12.2. The normalized spacial score (nSPS) is 13.3. The van der Waals surface area contributed by atoms with Crippen LogP contribution in [0.25, 0.3) is 0 Å². The van der Waals surface area contributed by atoms with Crippen molar-refractivity contribution in [3.8, 4) is 0 Å². The second kappa shape index (κ2) is 7.89. The second-order valence-electron chi connectivity index (χ2n) is 5.78. The average Bonchev–Trinajstić information content (AvgIpc) is 2.92. The molecule has 1 atom stereocenters. The van der Waals surface area contributed by atoms with Gasteiger partial charge < -0.3 is 10.4 Å². The third-order valence-electron chi connectivity index (χ3n) is 3.21. The first kappa shape index (κ1) is 19.6.